The maximum absolute atomic E-state index is 13.3. The molecule has 0 amide bonds. The summed E-state index contributed by atoms with van der Waals surface area (Å²) in [6.45, 7) is 0.646. The molecule has 0 saturated heterocycles. The molecule has 1 unspecified atom stereocenters. The average molecular weight is 374 g/mol. The van der Waals surface area contributed by atoms with Gasteiger partial charge in [-0.25, -0.2) is 8.78 Å². The van der Waals surface area contributed by atoms with Crippen molar-refractivity contribution in [3.8, 4) is 5.75 Å². The lowest BCUT2D eigenvalue weighted by atomic mass is 10.0. The molecule has 3 rings (SSSR count). The summed E-state index contributed by atoms with van der Waals surface area (Å²) in [7, 11) is 0. The molecule has 1 aliphatic rings. The van der Waals surface area contributed by atoms with Crippen LogP contribution in [0, 0.1) is 11.6 Å². The minimum atomic E-state index is -0.855. The van der Waals surface area contributed by atoms with E-state index in [2.05, 4.69) is 15.9 Å². The molecular formula is C16H12BrClF2O. The first-order chi connectivity index (χ1) is 10.0. The Labute approximate surface area is 135 Å². The van der Waals surface area contributed by atoms with Crippen molar-refractivity contribution in [2.45, 2.75) is 18.2 Å². The van der Waals surface area contributed by atoms with Crippen molar-refractivity contribution < 1.29 is 13.5 Å². The van der Waals surface area contributed by atoms with Crippen LogP contribution in [0.4, 0.5) is 8.78 Å². The minimum Gasteiger partial charge on any atom is -0.493 e. The van der Waals surface area contributed by atoms with Crippen LogP contribution in [0.5, 0.6) is 5.75 Å². The Balaban J connectivity index is 1.89. The van der Waals surface area contributed by atoms with Crippen molar-refractivity contribution in [1.29, 1.82) is 0 Å². The van der Waals surface area contributed by atoms with Gasteiger partial charge in [-0.2, -0.15) is 0 Å². The zero-order chi connectivity index (χ0) is 15.0. The normalized spacial score (nSPS) is 14.7. The first kappa shape index (κ1) is 14.8. The van der Waals surface area contributed by atoms with Gasteiger partial charge in [-0.15, -0.1) is 11.6 Å². The van der Waals surface area contributed by atoms with Gasteiger partial charge in [-0.3, -0.25) is 0 Å². The van der Waals surface area contributed by atoms with Gasteiger partial charge in [0.05, 0.1) is 12.0 Å². The summed E-state index contributed by atoms with van der Waals surface area (Å²) in [6.07, 6.45) is 1.27. The summed E-state index contributed by atoms with van der Waals surface area (Å²) in [4.78, 5) is 0. The Morgan fingerprint density at radius 1 is 1.19 bits per heavy atom. The summed E-state index contributed by atoms with van der Waals surface area (Å²) in [5.74, 6) is -0.885. The van der Waals surface area contributed by atoms with Gasteiger partial charge in [0.1, 0.15) is 5.75 Å². The van der Waals surface area contributed by atoms with Crippen molar-refractivity contribution in [2.24, 2.45) is 0 Å². The molecule has 0 aromatic heterocycles. The second-order valence-corrected chi connectivity index (χ2v) is 6.44. The molecule has 1 aliphatic heterocycles. The molecule has 0 saturated carbocycles. The molecule has 0 spiro atoms. The van der Waals surface area contributed by atoms with Crippen LogP contribution in [-0.2, 0) is 12.8 Å². The molecule has 0 fully saturated rings. The third kappa shape index (κ3) is 3.06. The highest BCUT2D eigenvalue weighted by Gasteiger charge is 2.22. The number of halogens is 4. The highest BCUT2D eigenvalue weighted by molar-refractivity contribution is 9.10. The molecule has 2 aromatic carbocycles. The molecule has 0 aliphatic carbocycles. The summed E-state index contributed by atoms with van der Waals surface area (Å²) < 4.78 is 32.8. The van der Waals surface area contributed by atoms with Crippen molar-refractivity contribution in [3.63, 3.8) is 0 Å². The first-order valence-corrected chi connectivity index (χ1v) is 7.80. The molecule has 5 heteroatoms. The van der Waals surface area contributed by atoms with E-state index in [1.54, 1.807) is 6.07 Å². The fourth-order valence-electron chi connectivity index (χ4n) is 2.51. The van der Waals surface area contributed by atoms with E-state index in [0.717, 1.165) is 33.8 Å². The number of alkyl halides is 1. The summed E-state index contributed by atoms with van der Waals surface area (Å²) in [6, 6.07) is 7.79. The zero-order valence-electron chi connectivity index (χ0n) is 11.0. The summed E-state index contributed by atoms with van der Waals surface area (Å²) in [5.41, 5.74) is 2.65. The lowest BCUT2D eigenvalue weighted by Crippen LogP contribution is -2.00. The number of ether oxygens (including phenoxy) is 1. The molecular weight excluding hydrogens is 362 g/mol. The second kappa shape index (κ2) is 5.93. The minimum absolute atomic E-state index is 0.362. The topological polar surface area (TPSA) is 9.23 Å². The summed E-state index contributed by atoms with van der Waals surface area (Å²) >= 11 is 9.94. The van der Waals surface area contributed by atoms with Crippen LogP contribution in [0.3, 0.4) is 0 Å². The van der Waals surface area contributed by atoms with E-state index >= 15 is 0 Å². The van der Waals surface area contributed by atoms with Gasteiger partial charge in [-0.05, 0) is 41.8 Å². The molecule has 0 N–H and O–H groups in total. The Hall–Kier alpha value is -1.13. The van der Waals surface area contributed by atoms with Gasteiger partial charge in [0, 0.05) is 16.5 Å². The number of rotatable bonds is 3. The molecule has 1 atom stereocenters. The third-order valence-corrected chi connectivity index (χ3v) is 4.36. The Kier molecular flexibility index (Phi) is 4.18. The molecule has 1 nitrogen and oxygen atoms in total. The highest BCUT2D eigenvalue weighted by atomic mass is 79.9. The van der Waals surface area contributed by atoms with Gasteiger partial charge in [0.25, 0.3) is 0 Å². The van der Waals surface area contributed by atoms with Crippen LogP contribution >= 0.6 is 27.5 Å². The van der Waals surface area contributed by atoms with E-state index in [1.807, 2.05) is 12.1 Å². The molecule has 2 aromatic rings. The predicted molar refractivity (Wildman–Crippen MR) is 82.0 cm³/mol. The number of fused-ring (bicyclic) bond motifs is 1. The fraction of sp³-hybridized carbons (Fsp3) is 0.250. The third-order valence-electron chi connectivity index (χ3n) is 3.51. The Bertz CT molecular complexity index is 690. The Morgan fingerprint density at radius 3 is 2.76 bits per heavy atom. The summed E-state index contributed by atoms with van der Waals surface area (Å²) in [5, 5.41) is -0.362. The molecule has 0 radical (unpaired) electrons. The lowest BCUT2D eigenvalue weighted by molar-refractivity contribution is 0.353. The number of benzene rings is 2. The van der Waals surface area contributed by atoms with Gasteiger partial charge < -0.3 is 4.74 Å². The standard InChI is InChI=1S/C16H12BrClF2O/c17-11-7-10-3-4-21-16(10)12(8-11)13(18)5-9-1-2-14(19)15(20)6-9/h1-2,6-8,13H,3-5H2. The van der Waals surface area contributed by atoms with Crippen LogP contribution in [-0.4, -0.2) is 6.61 Å². The molecule has 110 valence electrons. The van der Waals surface area contributed by atoms with Crippen LogP contribution in [0.15, 0.2) is 34.8 Å². The maximum Gasteiger partial charge on any atom is 0.159 e. The van der Waals surface area contributed by atoms with Crippen LogP contribution < -0.4 is 4.74 Å². The highest BCUT2D eigenvalue weighted by Crippen LogP contribution is 2.40. The van der Waals surface area contributed by atoms with Crippen molar-refractivity contribution >= 4 is 27.5 Å². The van der Waals surface area contributed by atoms with Crippen molar-refractivity contribution in [2.75, 3.05) is 6.61 Å². The maximum atomic E-state index is 13.3. The zero-order valence-corrected chi connectivity index (χ0v) is 13.3. The van der Waals surface area contributed by atoms with Crippen molar-refractivity contribution in [1.82, 2.24) is 0 Å². The molecule has 1 heterocycles. The van der Waals surface area contributed by atoms with E-state index in [-0.39, 0.29) is 5.38 Å². The van der Waals surface area contributed by atoms with E-state index < -0.39 is 11.6 Å². The Morgan fingerprint density at radius 2 is 2.00 bits per heavy atom. The van der Waals surface area contributed by atoms with Crippen LogP contribution in [0.25, 0.3) is 0 Å². The SMILES string of the molecule is Fc1ccc(CC(Cl)c2cc(Br)cc3c2OCC3)cc1F. The van der Waals surface area contributed by atoms with E-state index in [9.17, 15) is 8.78 Å². The van der Waals surface area contributed by atoms with Gasteiger partial charge in [-0.1, -0.05) is 22.0 Å². The van der Waals surface area contributed by atoms with Crippen LogP contribution in [0.2, 0.25) is 0 Å². The lowest BCUT2D eigenvalue weighted by Gasteiger charge is -2.15. The second-order valence-electron chi connectivity index (χ2n) is 5.00. The largest absolute Gasteiger partial charge is 0.493 e. The van der Waals surface area contributed by atoms with Gasteiger partial charge >= 0.3 is 0 Å². The van der Waals surface area contributed by atoms with E-state index in [1.165, 1.54) is 6.07 Å². The molecule has 21 heavy (non-hydrogen) atoms. The van der Waals surface area contributed by atoms with Gasteiger partial charge in [0.2, 0.25) is 0 Å². The molecule has 0 bridgehead atoms. The predicted octanol–water partition coefficient (Wildman–Crippen LogP) is 5.18. The number of hydrogen-bond donors (Lipinski definition) is 0. The van der Waals surface area contributed by atoms with E-state index in [0.29, 0.717) is 18.6 Å². The van der Waals surface area contributed by atoms with E-state index in [4.69, 9.17) is 16.3 Å². The fourth-order valence-corrected chi connectivity index (χ4v) is 3.38. The first-order valence-electron chi connectivity index (χ1n) is 6.57. The average Bonchev–Trinajstić information content (AvgIpc) is 2.90. The monoisotopic (exact) mass is 372 g/mol. The smallest absolute Gasteiger partial charge is 0.159 e. The quantitative estimate of drug-likeness (QED) is 0.673. The van der Waals surface area contributed by atoms with Crippen LogP contribution in [0.1, 0.15) is 22.1 Å². The number of hydrogen-bond acceptors (Lipinski definition) is 1. The van der Waals surface area contributed by atoms with Crippen molar-refractivity contribution in [3.05, 3.63) is 63.1 Å². The van der Waals surface area contributed by atoms with Gasteiger partial charge in [0.15, 0.2) is 11.6 Å².